The van der Waals surface area contributed by atoms with E-state index in [4.69, 9.17) is 13.3 Å². The van der Waals surface area contributed by atoms with Gasteiger partial charge in [-0.1, -0.05) is 32.1 Å². The van der Waals surface area contributed by atoms with Crippen LogP contribution in [0.5, 0.6) is 0 Å². The van der Waals surface area contributed by atoms with Crippen molar-refractivity contribution in [2.75, 3.05) is 0 Å². The topological polar surface area (TPSA) is 103 Å². The van der Waals surface area contributed by atoms with Crippen LogP contribution in [0.25, 0.3) is 0 Å². The molecule has 0 saturated heterocycles. The molecule has 0 radical (unpaired) electrons. The van der Waals surface area contributed by atoms with Gasteiger partial charge in [-0.2, -0.15) is 0 Å². The summed E-state index contributed by atoms with van der Waals surface area (Å²) < 4.78 is 63.8. The first kappa shape index (κ1) is 30.9. The first-order valence-electron chi connectivity index (χ1n) is 14.6. The van der Waals surface area contributed by atoms with Crippen LogP contribution in [0.1, 0.15) is 62.6 Å². The number of allylic oxidation sites excluding steroid dienone is 4. The Morgan fingerprint density at radius 1 is 1.14 bits per heavy atom. The summed E-state index contributed by atoms with van der Waals surface area (Å²) in [6, 6.07) is 8.42. The average Bonchev–Trinajstić information content (AvgIpc) is 3.59. The van der Waals surface area contributed by atoms with Crippen LogP contribution in [0.3, 0.4) is 0 Å². The Labute approximate surface area is 257 Å². The van der Waals surface area contributed by atoms with Crippen LogP contribution < -0.4 is 0 Å². The minimum absolute atomic E-state index is 0.0359. The molecule has 1 heterocycles. The summed E-state index contributed by atoms with van der Waals surface area (Å²) in [6.07, 6.45) is 1.47. The van der Waals surface area contributed by atoms with Crippen LogP contribution in [0.4, 0.5) is 13.2 Å². The molecule has 11 heteroatoms. The number of benzene rings is 1. The first-order valence-corrected chi connectivity index (χ1v) is 15.3. The third-order valence-electron chi connectivity index (χ3n) is 10.8. The largest absolute Gasteiger partial charge is 0.457 e. The van der Waals surface area contributed by atoms with E-state index in [0.717, 1.165) is 0 Å². The van der Waals surface area contributed by atoms with Gasteiger partial charge in [0.15, 0.2) is 17.1 Å². The lowest BCUT2D eigenvalue weighted by Gasteiger charge is -2.62. The molecule has 1 N–H and O–H groups in total. The Balaban J connectivity index is 1.39. The molecular weight excluding hydrogens is 597 g/mol. The van der Waals surface area contributed by atoms with E-state index >= 15 is 8.78 Å². The van der Waals surface area contributed by atoms with E-state index in [2.05, 4.69) is 0 Å². The van der Waals surface area contributed by atoms with Crippen LogP contribution in [0, 0.1) is 34.4 Å². The maximum Gasteiger partial charge on any atom is 0.375 e. The lowest BCUT2D eigenvalue weighted by atomic mass is 9.45. The van der Waals surface area contributed by atoms with Gasteiger partial charge in [-0.15, -0.1) is 0 Å². The molecule has 6 rings (SSSR count). The molecule has 7 nitrogen and oxygen atoms in total. The summed E-state index contributed by atoms with van der Waals surface area (Å²) in [7, 11) is 0. The predicted octanol–water partition coefficient (Wildman–Crippen LogP) is 6.62. The zero-order valence-corrected chi connectivity index (χ0v) is 25.3. The number of rotatable bonds is 6. The number of fused-ring (bicyclic) bond motifs is 5. The maximum absolute atomic E-state index is 17.6. The van der Waals surface area contributed by atoms with E-state index < -0.39 is 68.7 Å². The Morgan fingerprint density at radius 3 is 2.55 bits per heavy atom. The molecule has 0 bridgehead atoms. The molecule has 2 fully saturated rings. The summed E-state index contributed by atoms with van der Waals surface area (Å²) >= 11 is 0.469. The number of ketones is 1. The number of alkyl halides is 1. The molecule has 1 aromatic carbocycles. The summed E-state index contributed by atoms with van der Waals surface area (Å²) in [4.78, 5) is 39.9. The normalized spacial score (nSPS) is 37.8. The second-order valence-electron chi connectivity index (χ2n) is 12.9. The van der Waals surface area contributed by atoms with Gasteiger partial charge < -0.3 is 18.4 Å². The van der Waals surface area contributed by atoms with E-state index in [1.165, 1.54) is 61.7 Å². The molecule has 8 atom stereocenters. The van der Waals surface area contributed by atoms with Crippen molar-refractivity contribution in [3.8, 4) is 0 Å². The number of carbonyl (C=O) groups excluding carboxylic acids is 3. The standard InChI is InChI=1S/C33H33F3O7S/c1-18-13-22-23-15-25(35)24-14-21(37)10-11-30(24,2)32(23,36)27(38)16-31(22,3)33(18,43-28(39)26-5-4-12-41-26)29(40)44-42-17-19-6-8-20(34)9-7-19/h4-12,18,22-23,27,38H,13-17H2,1-3H3/t18-,22?,23?,27+,30+,31+,32+,33+/m1/s1. The maximum atomic E-state index is 17.6. The Morgan fingerprint density at radius 2 is 1.86 bits per heavy atom. The summed E-state index contributed by atoms with van der Waals surface area (Å²) in [5.74, 6) is -4.91. The minimum atomic E-state index is -2.35. The van der Waals surface area contributed by atoms with Crippen molar-refractivity contribution in [2.24, 2.45) is 28.6 Å². The quantitative estimate of drug-likeness (QED) is 0.281. The zero-order valence-electron chi connectivity index (χ0n) is 24.5. The number of furan rings is 1. The Bertz CT molecular complexity index is 1560. The lowest BCUT2D eigenvalue weighted by molar-refractivity contribution is -0.214. The van der Waals surface area contributed by atoms with Crippen molar-refractivity contribution in [3.63, 3.8) is 0 Å². The van der Waals surface area contributed by atoms with Gasteiger partial charge in [0.25, 0.3) is 5.12 Å². The fourth-order valence-corrected chi connectivity index (χ4v) is 9.48. The number of carbonyl (C=O) groups is 3. The van der Waals surface area contributed by atoms with Crippen molar-refractivity contribution < 1.29 is 46.0 Å². The molecule has 0 spiro atoms. The summed E-state index contributed by atoms with van der Waals surface area (Å²) in [5, 5.41) is 11.1. The second kappa shape index (κ2) is 10.7. The van der Waals surface area contributed by atoms with Crippen molar-refractivity contribution >= 4 is 28.9 Å². The van der Waals surface area contributed by atoms with Crippen LogP contribution in [0.2, 0.25) is 0 Å². The van der Waals surface area contributed by atoms with Gasteiger partial charge in [0.1, 0.15) is 11.6 Å². The highest BCUT2D eigenvalue weighted by molar-refractivity contribution is 8.09. The van der Waals surface area contributed by atoms with Gasteiger partial charge in [-0.25, -0.2) is 18.0 Å². The highest BCUT2D eigenvalue weighted by Crippen LogP contribution is 2.72. The molecule has 44 heavy (non-hydrogen) atoms. The summed E-state index contributed by atoms with van der Waals surface area (Å²) in [5.41, 5.74) is -6.56. The number of aliphatic hydroxyl groups is 1. The third-order valence-corrected chi connectivity index (χ3v) is 11.4. The molecule has 1 aromatic heterocycles. The molecule has 4 aliphatic rings. The van der Waals surface area contributed by atoms with E-state index in [-0.39, 0.29) is 49.4 Å². The van der Waals surface area contributed by atoms with E-state index in [1.54, 1.807) is 13.8 Å². The molecule has 4 aliphatic carbocycles. The van der Waals surface area contributed by atoms with Gasteiger partial charge in [-0.05, 0) is 67.2 Å². The number of aliphatic hydroxyl groups excluding tert-OH is 1. The van der Waals surface area contributed by atoms with E-state index in [0.29, 0.717) is 17.6 Å². The van der Waals surface area contributed by atoms with Crippen LogP contribution in [0.15, 0.2) is 70.6 Å². The first-order chi connectivity index (χ1) is 20.8. The molecular formula is C33H33F3O7S. The molecule has 234 valence electrons. The SMILES string of the molecule is C[C@@H]1CC2C3CC(F)=C4CC(=O)C=C[C@]4(C)[C@@]3(F)[C@@H](O)C[C@]2(C)[C@@]1(OC(=O)c1ccco1)C(=O)SOCc1ccc(F)cc1. The van der Waals surface area contributed by atoms with Gasteiger partial charge in [0.05, 0.1) is 31.0 Å². The fraction of sp³-hybridized carbons (Fsp3) is 0.485. The second-order valence-corrected chi connectivity index (χ2v) is 13.7. The number of esters is 1. The highest BCUT2D eigenvalue weighted by Gasteiger charge is 2.78. The smallest absolute Gasteiger partial charge is 0.375 e. The van der Waals surface area contributed by atoms with Crippen molar-refractivity contribution in [2.45, 2.75) is 70.4 Å². The predicted molar refractivity (Wildman–Crippen MR) is 154 cm³/mol. The van der Waals surface area contributed by atoms with Gasteiger partial charge in [0, 0.05) is 35.5 Å². The van der Waals surface area contributed by atoms with Crippen molar-refractivity contribution in [1.29, 1.82) is 0 Å². The number of halogens is 3. The number of hydrogen-bond donors (Lipinski definition) is 1. The molecule has 2 saturated carbocycles. The van der Waals surface area contributed by atoms with Gasteiger partial charge >= 0.3 is 5.97 Å². The lowest BCUT2D eigenvalue weighted by Crippen LogP contribution is -2.69. The third kappa shape index (κ3) is 4.29. The van der Waals surface area contributed by atoms with Gasteiger partial charge in [0.2, 0.25) is 5.76 Å². The Hall–Kier alpha value is -3.15. The molecule has 0 amide bonds. The fourth-order valence-electron chi connectivity index (χ4n) is 8.58. The van der Waals surface area contributed by atoms with Crippen LogP contribution >= 0.6 is 12.0 Å². The van der Waals surface area contributed by atoms with Crippen molar-refractivity contribution in [1.82, 2.24) is 0 Å². The average molecular weight is 631 g/mol. The van der Waals surface area contributed by atoms with E-state index in [1.807, 2.05) is 0 Å². The van der Waals surface area contributed by atoms with Crippen molar-refractivity contribution in [3.05, 3.63) is 83.4 Å². The van der Waals surface area contributed by atoms with Gasteiger partial charge in [-0.3, -0.25) is 9.59 Å². The monoisotopic (exact) mass is 630 g/mol. The molecule has 0 aliphatic heterocycles. The Kier molecular flexibility index (Phi) is 7.53. The van der Waals surface area contributed by atoms with Crippen LogP contribution in [-0.2, 0) is 25.1 Å². The van der Waals surface area contributed by atoms with Crippen LogP contribution in [-0.4, -0.2) is 39.3 Å². The number of ether oxygens (including phenoxy) is 1. The number of hydrogen-bond acceptors (Lipinski definition) is 8. The summed E-state index contributed by atoms with van der Waals surface area (Å²) in [6.45, 7) is 4.84. The zero-order chi connectivity index (χ0) is 31.7. The highest BCUT2D eigenvalue weighted by atomic mass is 32.2. The van der Waals surface area contributed by atoms with E-state index in [9.17, 15) is 23.9 Å². The molecule has 2 unspecified atom stereocenters. The minimum Gasteiger partial charge on any atom is -0.457 e. The molecule has 2 aromatic rings.